The minimum Gasteiger partial charge on any atom is -0.302 e. The summed E-state index contributed by atoms with van der Waals surface area (Å²) in [5, 5.41) is 4.44. The van der Waals surface area contributed by atoms with Crippen molar-refractivity contribution in [2.75, 3.05) is 0 Å². The van der Waals surface area contributed by atoms with Crippen molar-refractivity contribution in [1.82, 2.24) is 10.3 Å². The van der Waals surface area contributed by atoms with Crippen LogP contribution >= 0.6 is 11.6 Å². The highest BCUT2D eigenvalue weighted by atomic mass is 35.5. The van der Waals surface area contributed by atoms with Crippen LogP contribution in [0.15, 0.2) is 48.7 Å². The molecule has 1 heterocycles. The van der Waals surface area contributed by atoms with Crippen LogP contribution in [0, 0.1) is 0 Å². The molecule has 2 atom stereocenters. The van der Waals surface area contributed by atoms with E-state index in [-0.39, 0.29) is 6.04 Å². The van der Waals surface area contributed by atoms with E-state index in [1.165, 1.54) is 5.56 Å². The van der Waals surface area contributed by atoms with E-state index in [1.807, 2.05) is 30.5 Å². The molecule has 106 valence electrons. The van der Waals surface area contributed by atoms with Crippen LogP contribution < -0.4 is 5.32 Å². The van der Waals surface area contributed by atoms with E-state index >= 15 is 0 Å². The third kappa shape index (κ3) is 4.06. The number of hydrogen-bond donors (Lipinski definition) is 1. The van der Waals surface area contributed by atoms with Crippen molar-refractivity contribution >= 4 is 11.6 Å². The van der Waals surface area contributed by atoms with Gasteiger partial charge < -0.3 is 5.32 Å². The highest BCUT2D eigenvalue weighted by molar-refractivity contribution is 6.30. The lowest BCUT2D eigenvalue weighted by Crippen LogP contribution is -2.25. The van der Waals surface area contributed by atoms with E-state index in [0.717, 1.165) is 23.6 Å². The van der Waals surface area contributed by atoms with Gasteiger partial charge in [-0.25, -0.2) is 0 Å². The van der Waals surface area contributed by atoms with Crippen LogP contribution in [0.25, 0.3) is 0 Å². The summed E-state index contributed by atoms with van der Waals surface area (Å²) >= 11 is 5.96. The monoisotopic (exact) mass is 288 g/mol. The first-order valence-corrected chi connectivity index (χ1v) is 7.51. The van der Waals surface area contributed by atoms with Crippen molar-refractivity contribution in [3.8, 4) is 0 Å². The van der Waals surface area contributed by atoms with Gasteiger partial charge in [0.1, 0.15) is 0 Å². The predicted molar refractivity (Wildman–Crippen MR) is 84.9 cm³/mol. The first-order valence-electron chi connectivity index (χ1n) is 7.13. The van der Waals surface area contributed by atoms with E-state index in [0.29, 0.717) is 6.04 Å². The lowest BCUT2D eigenvalue weighted by molar-refractivity contribution is 0.434. The van der Waals surface area contributed by atoms with E-state index in [2.05, 4.69) is 42.3 Å². The van der Waals surface area contributed by atoms with Crippen LogP contribution in [-0.4, -0.2) is 4.98 Å². The summed E-state index contributed by atoms with van der Waals surface area (Å²) in [4.78, 5) is 4.42. The summed E-state index contributed by atoms with van der Waals surface area (Å²) in [7, 11) is 0. The Morgan fingerprint density at radius 2 is 1.90 bits per heavy atom. The molecule has 2 nitrogen and oxygen atoms in total. The van der Waals surface area contributed by atoms with Crippen LogP contribution in [0.1, 0.15) is 50.0 Å². The van der Waals surface area contributed by atoms with Crippen LogP contribution in [0.4, 0.5) is 0 Å². The average Bonchev–Trinajstić information content (AvgIpc) is 2.48. The van der Waals surface area contributed by atoms with Crippen molar-refractivity contribution in [2.45, 2.75) is 38.8 Å². The molecule has 0 radical (unpaired) electrons. The van der Waals surface area contributed by atoms with Gasteiger partial charge in [0.2, 0.25) is 0 Å². The highest BCUT2D eigenvalue weighted by Crippen LogP contribution is 2.24. The summed E-state index contributed by atoms with van der Waals surface area (Å²) in [6, 6.07) is 14.7. The summed E-state index contributed by atoms with van der Waals surface area (Å²) in [5.74, 6) is 0. The van der Waals surface area contributed by atoms with Gasteiger partial charge in [-0.2, -0.15) is 0 Å². The first kappa shape index (κ1) is 15.0. The molecule has 0 aliphatic rings. The van der Waals surface area contributed by atoms with E-state index < -0.39 is 0 Å². The van der Waals surface area contributed by atoms with Crippen LogP contribution in [0.2, 0.25) is 5.02 Å². The zero-order valence-corrected chi connectivity index (χ0v) is 12.8. The molecule has 0 saturated carbocycles. The number of aromatic nitrogens is 1. The molecule has 0 fully saturated rings. The predicted octanol–water partition coefficient (Wildman–Crippen LogP) is 4.93. The minimum atomic E-state index is 0.225. The largest absolute Gasteiger partial charge is 0.302 e. The SMILES string of the molecule is CCCC(N[C@@H](C)c1ccccn1)c1ccc(Cl)cc1. The zero-order valence-electron chi connectivity index (χ0n) is 12.0. The van der Waals surface area contributed by atoms with Gasteiger partial charge in [0, 0.05) is 23.3 Å². The molecule has 20 heavy (non-hydrogen) atoms. The van der Waals surface area contributed by atoms with Gasteiger partial charge in [-0.05, 0) is 43.2 Å². The lowest BCUT2D eigenvalue weighted by Gasteiger charge is -2.23. The first-order chi connectivity index (χ1) is 9.70. The highest BCUT2D eigenvalue weighted by Gasteiger charge is 2.15. The van der Waals surface area contributed by atoms with Crippen molar-refractivity contribution in [1.29, 1.82) is 0 Å². The van der Waals surface area contributed by atoms with Crippen molar-refractivity contribution in [2.24, 2.45) is 0 Å². The summed E-state index contributed by atoms with van der Waals surface area (Å²) in [6.07, 6.45) is 4.07. The van der Waals surface area contributed by atoms with Gasteiger partial charge in [-0.15, -0.1) is 0 Å². The maximum atomic E-state index is 5.96. The maximum Gasteiger partial charge on any atom is 0.0570 e. The Bertz CT molecular complexity index is 510. The molecule has 0 spiro atoms. The Morgan fingerprint density at radius 3 is 2.50 bits per heavy atom. The molecular weight excluding hydrogens is 268 g/mol. The van der Waals surface area contributed by atoms with Gasteiger partial charge in [0.05, 0.1) is 5.69 Å². The van der Waals surface area contributed by atoms with E-state index in [4.69, 9.17) is 11.6 Å². The molecule has 1 aromatic carbocycles. The Morgan fingerprint density at radius 1 is 1.15 bits per heavy atom. The minimum absolute atomic E-state index is 0.225. The molecular formula is C17H21ClN2. The Labute approximate surface area is 126 Å². The van der Waals surface area contributed by atoms with Gasteiger partial charge in [-0.3, -0.25) is 4.98 Å². The number of halogens is 1. The quantitative estimate of drug-likeness (QED) is 0.815. The number of benzene rings is 1. The zero-order chi connectivity index (χ0) is 14.4. The Kier molecular flexibility index (Phi) is 5.57. The second-order valence-corrected chi connectivity index (χ2v) is 5.47. The second-order valence-electron chi connectivity index (χ2n) is 5.04. The summed E-state index contributed by atoms with van der Waals surface area (Å²) < 4.78 is 0. The fourth-order valence-corrected chi connectivity index (χ4v) is 2.48. The van der Waals surface area contributed by atoms with Crippen LogP contribution in [0.3, 0.4) is 0 Å². The second kappa shape index (κ2) is 7.41. The van der Waals surface area contributed by atoms with Gasteiger partial charge in [0.15, 0.2) is 0 Å². The molecule has 2 aromatic rings. The number of pyridine rings is 1. The molecule has 1 N–H and O–H groups in total. The maximum absolute atomic E-state index is 5.96. The molecule has 0 amide bonds. The number of nitrogens with one attached hydrogen (secondary N) is 1. The Balaban J connectivity index is 2.11. The van der Waals surface area contributed by atoms with Gasteiger partial charge >= 0.3 is 0 Å². The van der Waals surface area contributed by atoms with Crippen molar-refractivity contribution < 1.29 is 0 Å². The van der Waals surface area contributed by atoms with Crippen LogP contribution in [-0.2, 0) is 0 Å². The third-order valence-corrected chi connectivity index (χ3v) is 3.68. The third-order valence-electron chi connectivity index (χ3n) is 3.43. The van der Waals surface area contributed by atoms with E-state index in [1.54, 1.807) is 0 Å². The number of rotatable bonds is 6. The molecule has 1 unspecified atom stereocenters. The van der Waals surface area contributed by atoms with Crippen molar-refractivity contribution in [3.05, 3.63) is 64.9 Å². The fourth-order valence-electron chi connectivity index (χ4n) is 2.35. The van der Waals surface area contributed by atoms with Gasteiger partial charge in [-0.1, -0.05) is 43.1 Å². The number of hydrogen-bond acceptors (Lipinski definition) is 2. The molecule has 2 rings (SSSR count). The molecule has 0 bridgehead atoms. The standard InChI is InChI=1S/C17H21ClN2/c1-3-6-17(14-8-10-15(18)11-9-14)20-13(2)16-7-4-5-12-19-16/h4-5,7-13,17,20H,3,6H2,1-2H3/t13-,17?/m0/s1. The van der Waals surface area contributed by atoms with Gasteiger partial charge in [0.25, 0.3) is 0 Å². The summed E-state index contributed by atoms with van der Waals surface area (Å²) in [5.41, 5.74) is 2.35. The Hall–Kier alpha value is -1.38. The van der Waals surface area contributed by atoms with Crippen LogP contribution in [0.5, 0.6) is 0 Å². The normalized spacial score (nSPS) is 13.9. The molecule has 0 aliphatic carbocycles. The molecule has 3 heteroatoms. The smallest absolute Gasteiger partial charge is 0.0570 e. The molecule has 0 aliphatic heterocycles. The molecule has 0 saturated heterocycles. The van der Waals surface area contributed by atoms with E-state index in [9.17, 15) is 0 Å². The lowest BCUT2D eigenvalue weighted by atomic mass is 10.0. The summed E-state index contributed by atoms with van der Waals surface area (Å²) in [6.45, 7) is 4.36. The fraction of sp³-hybridized carbons (Fsp3) is 0.353. The topological polar surface area (TPSA) is 24.9 Å². The number of nitrogens with zero attached hydrogens (tertiary/aromatic N) is 1. The average molecular weight is 289 g/mol. The van der Waals surface area contributed by atoms with Crippen molar-refractivity contribution in [3.63, 3.8) is 0 Å². The molecule has 1 aromatic heterocycles.